The molecule has 1 fully saturated rings. The molecule has 0 spiro atoms. The fourth-order valence-corrected chi connectivity index (χ4v) is 1.76. The summed E-state index contributed by atoms with van der Waals surface area (Å²) in [5, 5.41) is 49.5. The summed E-state index contributed by atoms with van der Waals surface area (Å²) in [6.07, 6.45) is -5.38. The molecular formula is C10H18N2O8. The number of amides is 1. The third kappa shape index (κ3) is 3.85. The Morgan fingerprint density at radius 2 is 2.00 bits per heavy atom. The Morgan fingerprint density at radius 3 is 2.50 bits per heavy atom. The first-order valence-corrected chi connectivity index (χ1v) is 5.82. The number of nitrogens with two attached hydrogens (primary N) is 1. The molecule has 0 radical (unpaired) electrons. The first-order chi connectivity index (χ1) is 9.17. The molecule has 10 nitrogen and oxygen atoms in total. The number of primary amides is 1. The second kappa shape index (κ2) is 6.43. The number of carboxylic acid groups (broad SMARTS) is 1. The zero-order valence-corrected chi connectivity index (χ0v) is 10.5. The molecule has 5 atom stereocenters. The second-order valence-electron chi connectivity index (χ2n) is 4.60. The fourth-order valence-electron chi connectivity index (χ4n) is 1.76. The highest BCUT2D eigenvalue weighted by molar-refractivity contribution is 5.83. The van der Waals surface area contributed by atoms with Crippen LogP contribution in [0.15, 0.2) is 0 Å². The monoisotopic (exact) mass is 300 g/mol. The van der Waals surface area contributed by atoms with E-state index in [1.165, 1.54) is 0 Å². The molecule has 20 heavy (non-hydrogen) atoms. The van der Waals surface area contributed by atoms with Crippen LogP contribution in [0.25, 0.3) is 0 Å². The number of aliphatic hydroxyl groups excluding tert-OH is 3. The van der Waals surface area contributed by atoms with Crippen LogP contribution in [0.1, 0.15) is 6.42 Å². The summed E-state index contributed by atoms with van der Waals surface area (Å²) in [5.41, 5.74) is 4.88. The summed E-state index contributed by atoms with van der Waals surface area (Å²) in [5.74, 6) is -4.53. The Labute approximate surface area is 113 Å². The molecule has 0 aliphatic carbocycles. The highest BCUT2D eigenvalue weighted by Gasteiger charge is 2.48. The molecule has 0 aromatic rings. The van der Waals surface area contributed by atoms with Gasteiger partial charge in [0.1, 0.15) is 24.4 Å². The number of hydrogen-bond acceptors (Lipinski definition) is 8. The van der Waals surface area contributed by atoms with Gasteiger partial charge in [-0.1, -0.05) is 0 Å². The van der Waals surface area contributed by atoms with Gasteiger partial charge in [0.05, 0.1) is 19.6 Å². The van der Waals surface area contributed by atoms with E-state index in [1.807, 2.05) is 0 Å². The van der Waals surface area contributed by atoms with Crippen LogP contribution < -0.4 is 11.1 Å². The molecule has 1 saturated heterocycles. The first-order valence-electron chi connectivity index (χ1n) is 5.82. The number of aliphatic hydroxyl groups is 4. The standard InChI is InChI=1S/C10H18N2O8/c11-6(14)1-4(9(17)18)12-3-10(19)8(16)7(15)5(13)2-20-10/h4-5,7-8,12-13,15-16,19H,1-3H2,(H2,11,14)(H,17,18)/t4-,5-,7-,8+,10?/m1/s1/i2+1,3+1,5+1,7+1,8+1,10+1. The van der Waals surface area contributed by atoms with Gasteiger partial charge in [-0.2, -0.15) is 0 Å². The molecule has 1 unspecified atom stereocenters. The normalized spacial score (nSPS) is 35.5. The van der Waals surface area contributed by atoms with Crippen LogP contribution in [0.4, 0.5) is 0 Å². The SMILES string of the molecule is NC(=O)C[C@@H](N[13CH2][13C]1(O)O[13CH2][13C@@H](O)[13C@@H](O)[13C@@H]1O)C(=O)O. The molecule has 1 amide bonds. The maximum atomic E-state index is 10.9. The van der Waals surface area contributed by atoms with Crippen LogP contribution in [0.3, 0.4) is 0 Å². The van der Waals surface area contributed by atoms with Gasteiger partial charge < -0.3 is 36.0 Å². The average Bonchev–Trinajstić information content (AvgIpc) is 2.36. The number of ether oxygens (including phenoxy) is 1. The smallest absolute Gasteiger partial charge is 0.321 e. The average molecular weight is 300 g/mol. The van der Waals surface area contributed by atoms with Crippen molar-refractivity contribution in [1.29, 1.82) is 0 Å². The van der Waals surface area contributed by atoms with Gasteiger partial charge in [-0.05, 0) is 0 Å². The molecule has 8 N–H and O–H groups in total. The van der Waals surface area contributed by atoms with Gasteiger partial charge in [0, 0.05) is 0 Å². The van der Waals surface area contributed by atoms with E-state index in [1.54, 1.807) is 0 Å². The van der Waals surface area contributed by atoms with Gasteiger partial charge in [0.25, 0.3) is 0 Å². The molecule has 1 rings (SSSR count). The largest absolute Gasteiger partial charge is 0.480 e. The van der Waals surface area contributed by atoms with Crippen molar-refractivity contribution in [2.45, 2.75) is 36.6 Å². The molecule has 10 heteroatoms. The number of hydrogen-bond donors (Lipinski definition) is 7. The second-order valence-corrected chi connectivity index (χ2v) is 4.60. The Hall–Kier alpha value is -1.30. The maximum Gasteiger partial charge on any atom is 0.321 e. The van der Waals surface area contributed by atoms with Gasteiger partial charge in [-0.25, -0.2) is 0 Å². The van der Waals surface area contributed by atoms with E-state index in [-0.39, 0.29) is 0 Å². The summed E-state index contributed by atoms with van der Waals surface area (Å²) >= 11 is 0. The van der Waals surface area contributed by atoms with Crippen molar-refractivity contribution in [2.24, 2.45) is 5.73 Å². The molecule has 1 aliphatic heterocycles. The Kier molecular flexibility index (Phi) is 5.39. The number of carbonyl (C=O) groups is 2. The Bertz CT molecular complexity index is 378. The number of nitrogens with one attached hydrogen (secondary N) is 1. The highest BCUT2D eigenvalue weighted by Crippen LogP contribution is 2.23. The molecule has 0 aromatic carbocycles. The lowest BCUT2D eigenvalue weighted by Crippen LogP contribution is -2.65. The van der Waals surface area contributed by atoms with Crippen LogP contribution >= 0.6 is 0 Å². The third-order valence-electron chi connectivity index (χ3n) is 2.99. The van der Waals surface area contributed by atoms with E-state index in [2.05, 4.69) is 5.32 Å². The predicted octanol–water partition coefficient (Wildman–Crippen LogP) is -4.29. The summed E-state index contributed by atoms with van der Waals surface area (Å²) in [7, 11) is 0. The van der Waals surface area contributed by atoms with Crippen LogP contribution in [-0.4, -0.2) is 80.7 Å². The van der Waals surface area contributed by atoms with Crippen molar-refractivity contribution in [1.82, 2.24) is 5.32 Å². The fraction of sp³-hybridized carbons (Fsp3) is 0.800. The van der Waals surface area contributed by atoms with Crippen LogP contribution in [0.2, 0.25) is 0 Å². The van der Waals surface area contributed by atoms with E-state index < -0.39 is 61.6 Å². The first kappa shape index (κ1) is 16.8. The Balaban J connectivity index is 2.66. The quantitative estimate of drug-likeness (QED) is 0.238. The van der Waals surface area contributed by atoms with Crippen LogP contribution in [0.5, 0.6) is 0 Å². The van der Waals surface area contributed by atoms with E-state index in [0.29, 0.717) is 0 Å². The Morgan fingerprint density at radius 1 is 1.40 bits per heavy atom. The lowest BCUT2D eigenvalue weighted by Gasteiger charge is -2.42. The van der Waals surface area contributed by atoms with E-state index in [0.717, 1.165) is 0 Å². The molecule has 0 aromatic heterocycles. The van der Waals surface area contributed by atoms with Crippen LogP contribution in [0, 0.1) is 0 Å². The zero-order chi connectivity index (χ0) is 15.5. The molecule has 0 bridgehead atoms. The van der Waals surface area contributed by atoms with Gasteiger partial charge in [-0.3, -0.25) is 14.9 Å². The molecule has 1 heterocycles. The molecule has 116 valence electrons. The van der Waals surface area contributed by atoms with Crippen molar-refractivity contribution in [2.75, 3.05) is 13.2 Å². The van der Waals surface area contributed by atoms with Crippen LogP contribution in [-0.2, 0) is 14.3 Å². The van der Waals surface area contributed by atoms with Gasteiger partial charge in [0.15, 0.2) is 0 Å². The van der Waals surface area contributed by atoms with Crippen molar-refractivity contribution in [3.63, 3.8) is 0 Å². The number of carboxylic acids is 1. The van der Waals surface area contributed by atoms with Gasteiger partial charge in [-0.15, -0.1) is 0 Å². The van der Waals surface area contributed by atoms with Crippen molar-refractivity contribution >= 4 is 11.9 Å². The van der Waals surface area contributed by atoms with Crippen molar-refractivity contribution < 1.29 is 39.9 Å². The predicted molar refractivity (Wildman–Crippen MR) is 62.2 cm³/mol. The minimum atomic E-state index is -2.29. The third-order valence-corrected chi connectivity index (χ3v) is 2.99. The van der Waals surface area contributed by atoms with Gasteiger partial charge in [0.2, 0.25) is 11.7 Å². The summed E-state index contributed by atoms with van der Waals surface area (Å²) in [6.45, 7) is -1.02. The van der Waals surface area contributed by atoms with E-state index in [9.17, 15) is 30.0 Å². The minimum Gasteiger partial charge on any atom is -0.480 e. The molecule has 0 saturated carbocycles. The number of aliphatic carboxylic acids is 1. The molecular weight excluding hydrogens is 282 g/mol. The van der Waals surface area contributed by atoms with E-state index >= 15 is 0 Å². The highest BCUT2D eigenvalue weighted by atomic mass is 16.8. The summed E-state index contributed by atoms with van der Waals surface area (Å²) in [4.78, 5) is 21.6. The lowest BCUT2D eigenvalue weighted by molar-refractivity contribution is -0.318. The number of rotatable bonds is 6. The lowest BCUT2D eigenvalue weighted by atomic mass is 10.2. The van der Waals surface area contributed by atoms with Gasteiger partial charge >= 0.3 is 5.97 Å². The topological polar surface area (TPSA) is 183 Å². The van der Waals surface area contributed by atoms with Crippen molar-refractivity contribution in [3.8, 4) is 0 Å². The van der Waals surface area contributed by atoms with E-state index in [4.69, 9.17) is 15.6 Å². The molecule has 1 aliphatic rings. The zero-order valence-electron chi connectivity index (χ0n) is 10.5. The number of carbonyl (C=O) groups excluding carboxylic acids is 1. The summed E-state index contributed by atoms with van der Waals surface area (Å²) < 4.78 is 4.82. The summed E-state index contributed by atoms with van der Waals surface area (Å²) in [6, 6.07) is -1.38. The van der Waals surface area contributed by atoms with Crippen molar-refractivity contribution in [3.05, 3.63) is 0 Å². The maximum absolute atomic E-state index is 10.9. The minimum absolute atomic E-state index is 0.441.